The Bertz CT molecular complexity index is 756. The summed E-state index contributed by atoms with van der Waals surface area (Å²) in [6.45, 7) is 2.03. The van der Waals surface area contributed by atoms with Gasteiger partial charge in [0.25, 0.3) is 5.91 Å². The van der Waals surface area contributed by atoms with E-state index < -0.39 is 0 Å². The second-order valence-corrected chi connectivity index (χ2v) is 7.65. The molecule has 136 valence electrons. The second kappa shape index (κ2) is 7.57. The van der Waals surface area contributed by atoms with Gasteiger partial charge in [-0.15, -0.1) is 11.3 Å². The highest BCUT2D eigenvalue weighted by molar-refractivity contribution is 7.12. The molecule has 26 heavy (non-hydrogen) atoms. The normalized spacial score (nSPS) is 21.3. The Kier molecular flexibility index (Phi) is 5.01. The maximum Gasteiger partial charge on any atom is 0.265 e. The molecule has 7 heteroatoms. The average Bonchev–Trinajstić information content (AvgIpc) is 3.36. The molecule has 1 amide bonds. The molecule has 0 aliphatic carbocycles. The summed E-state index contributed by atoms with van der Waals surface area (Å²) in [7, 11) is 2.14. The van der Waals surface area contributed by atoms with Crippen LogP contribution in [0.15, 0.2) is 54.2 Å². The Balaban J connectivity index is 1.55. The molecule has 0 saturated carbocycles. The zero-order chi connectivity index (χ0) is 17.9. The van der Waals surface area contributed by atoms with E-state index in [1.165, 1.54) is 11.3 Å². The van der Waals surface area contributed by atoms with Crippen LogP contribution in [0, 0.1) is 0 Å². The molecule has 0 bridgehead atoms. The molecular weight excluding hydrogens is 346 g/mol. The number of hydrogen-bond donors (Lipinski definition) is 1. The van der Waals surface area contributed by atoms with Crippen LogP contribution in [0.2, 0.25) is 0 Å². The van der Waals surface area contributed by atoms with E-state index in [1.54, 1.807) is 6.20 Å². The first-order valence-corrected chi connectivity index (χ1v) is 9.80. The van der Waals surface area contributed by atoms with Crippen molar-refractivity contribution in [2.24, 2.45) is 0 Å². The number of anilines is 1. The molecule has 1 fully saturated rings. The van der Waals surface area contributed by atoms with Crippen molar-refractivity contribution in [2.45, 2.75) is 25.0 Å². The molecule has 0 aromatic carbocycles. The van der Waals surface area contributed by atoms with Gasteiger partial charge < -0.3 is 9.80 Å². The number of aromatic nitrogens is 1. The van der Waals surface area contributed by atoms with Gasteiger partial charge >= 0.3 is 0 Å². The molecule has 1 atom stereocenters. The Morgan fingerprint density at radius 1 is 1.27 bits per heavy atom. The van der Waals surface area contributed by atoms with Crippen LogP contribution in [0.1, 0.15) is 22.5 Å². The molecule has 2 aromatic heterocycles. The lowest BCUT2D eigenvalue weighted by atomic mass is 10.0. The van der Waals surface area contributed by atoms with E-state index in [0.29, 0.717) is 0 Å². The van der Waals surface area contributed by atoms with Gasteiger partial charge in [-0.05, 0) is 62.6 Å². The van der Waals surface area contributed by atoms with Crippen LogP contribution in [-0.4, -0.2) is 53.0 Å². The number of amides is 1. The molecule has 0 spiro atoms. The number of carbonyl (C=O) groups is 1. The highest BCUT2D eigenvalue weighted by atomic mass is 32.1. The number of nitrogens with one attached hydrogen (secondary N) is 1. The fourth-order valence-electron chi connectivity index (χ4n) is 3.51. The van der Waals surface area contributed by atoms with Gasteiger partial charge in [0.1, 0.15) is 12.0 Å². The number of rotatable bonds is 4. The summed E-state index contributed by atoms with van der Waals surface area (Å²) in [6, 6.07) is 9.86. The van der Waals surface area contributed by atoms with E-state index >= 15 is 0 Å². The third kappa shape index (κ3) is 3.51. The Morgan fingerprint density at radius 2 is 2.12 bits per heavy atom. The minimum Gasteiger partial charge on any atom is -0.314 e. The summed E-state index contributed by atoms with van der Waals surface area (Å²) >= 11 is 1.50. The first-order chi connectivity index (χ1) is 12.7. The number of nitrogens with zero attached hydrogens (tertiary/aromatic N) is 4. The summed E-state index contributed by atoms with van der Waals surface area (Å²) < 4.78 is 0. The zero-order valence-electron chi connectivity index (χ0n) is 14.8. The number of likely N-dealkylation sites (tertiary alicyclic amines) is 1. The van der Waals surface area contributed by atoms with Gasteiger partial charge in [0.05, 0.1) is 4.88 Å². The lowest BCUT2D eigenvalue weighted by Gasteiger charge is -2.40. The van der Waals surface area contributed by atoms with Crippen LogP contribution in [0.3, 0.4) is 0 Å². The fraction of sp³-hybridized carbons (Fsp3) is 0.368. The van der Waals surface area contributed by atoms with E-state index in [-0.39, 0.29) is 18.1 Å². The van der Waals surface area contributed by atoms with Crippen molar-refractivity contribution in [3.63, 3.8) is 0 Å². The molecular formula is C19H23N5OS. The van der Waals surface area contributed by atoms with Crippen molar-refractivity contribution in [3.8, 4) is 0 Å². The maximum absolute atomic E-state index is 13.2. The minimum atomic E-state index is -0.167. The molecule has 6 nitrogen and oxygen atoms in total. The Labute approximate surface area is 157 Å². The van der Waals surface area contributed by atoms with E-state index in [0.717, 1.165) is 36.6 Å². The first-order valence-electron chi connectivity index (χ1n) is 8.92. The SMILES string of the molecule is CN1CCC(N(C(=O)c2cccs2)C2C=CN(c3ccccn3)N2)CC1. The summed E-state index contributed by atoms with van der Waals surface area (Å²) in [5.41, 5.74) is 3.41. The number of piperidine rings is 1. The van der Waals surface area contributed by atoms with Gasteiger partial charge in [-0.3, -0.25) is 9.80 Å². The smallest absolute Gasteiger partial charge is 0.265 e. The van der Waals surface area contributed by atoms with E-state index in [4.69, 9.17) is 0 Å². The molecule has 1 unspecified atom stereocenters. The molecule has 0 radical (unpaired) electrons. The second-order valence-electron chi connectivity index (χ2n) is 6.70. The highest BCUT2D eigenvalue weighted by Gasteiger charge is 2.35. The number of hydrazine groups is 1. The number of hydrogen-bond acceptors (Lipinski definition) is 6. The third-order valence-corrected chi connectivity index (χ3v) is 5.79. The van der Waals surface area contributed by atoms with Gasteiger partial charge in [0.15, 0.2) is 0 Å². The van der Waals surface area contributed by atoms with Crippen LogP contribution in [-0.2, 0) is 0 Å². The van der Waals surface area contributed by atoms with Crippen molar-refractivity contribution in [3.05, 3.63) is 59.1 Å². The van der Waals surface area contributed by atoms with E-state index in [2.05, 4.69) is 22.4 Å². The summed E-state index contributed by atoms with van der Waals surface area (Å²) in [6.07, 6.45) is 7.57. The topological polar surface area (TPSA) is 51.7 Å². The van der Waals surface area contributed by atoms with Gasteiger partial charge in [-0.1, -0.05) is 12.1 Å². The summed E-state index contributed by atoms with van der Waals surface area (Å²) in [4.78, 5) is 22.7. The number of thiophene rings is 1. The van der Waals surface area contributed by atoms with E-state index in [1.807, 2.05) is 57.9 Å². The van der Waals surface area contributed by atoms with Crippen LogP contribution >= 0.6 is 11.3 Å². The van der Waals surface area contributed by atoms with Crippen molar-refractivity contribution in [1.29, 1.82) is 0 Å². The highest BCUT2D eigenvalue weighted by Crippen LogP contribution is 2.25. The summed E-state index contributed by atoms with van der Waals surface area (Å²) in [5, 5.41) is 3.84. The van der Waals surface area contributed by atoms with Crippen LogP contribution in [0.25, 0.3) is 0 Å². The van der Waals surface area contributed by atoms with Crippen LogP contribution in [0.5, 0.6) is 0 Å². The van der Waals surface area contributed by atoms with Gasteiger partial charge in [0.2, 0.25) is 0 Å². The number of pyridine rings is 1. The van der Waals surface area contributed by atoms with Gasteiger partial charge in [-0.2, -0.15) is 0 Å². The first kappa shape index (κ1) is 17.2. The standard InChI is InChI=1S/C19H23N5OS/c1-22-11-7-15(8-12-22)24(19(25)16-5-4-14-26-16)18-9-13-23(21-18)17-6-2-3-10-20-17/h2-6,9-10,13-15,18,21H,7-8,11-12H2,1H3. The monoisotopic (exact) mass is 369 g/mol. The molecule has 1 N–H and O–H groups in total. The zero-order valence-corrected chi connectivity index (χ0v) is 15.6. The number of carbonyl (C=O) groups excluding carboxylic acids is 1. The van der Waals surface area contributed by atoms with Gasteiger partial charge in [0, 0.05) is 18.4 Å². The van der Waals surface area contributed by atoms with Crippen molar-refractivity contribution in [2.75, 3.05) is 25.1 Å². The van der Waals surface area contributed by atoms with Gasteiger partial charge in [-0.25, -0.2) is 10.4 Å². The lowest BCUT2D eigenvalue weighted by molar-refractivity contribution is 0.0491. The predicted octanol–water partition coefficient (Wildman–Crippen LogP) is 2.54. The third-order valence-electron chi connectivity index (χ3n) is 4.93. The Hall–Kier alpha value is -2.22. The minimum absolute atomic E-state index is 0.0968. The maximum atomic E-state index is 13.2. The summed E-state index contributed by atoms with van der Waals surface area (Å²) in [5.74, 6) is 0.915. The van der Waals surface area contributed by atoms with Crippen molar-refractivity contribution >= 4 is 23.1 Å². The van der Waals surface area contributed by atoms with Crippen LogP contribution < -0.4 is 10.4 Å². The molecule has 2 aliphatic rings. The molecule has 4 rings (SSSR count). The predicted molar refractivity (Wildman–Crippen MR) is 104 cm³/mol. The fourth-order valence-corrected chi connectivity index (χ4v) is 4.18. The van der Waals surface area contributed by atoms with Crippen molar-refractivity contribution < 1.29 is 4.79 Å². The van der Waals surface area contributed by atoms with E-state index in [9.17, 15) is 4.79 Å². The quantitative estimate of drug-likeness (QED) is 0.898. The Morgan fingerprint density at radius 3 is 2.81 bits per heavy atom. The van der Waals surface area contributed by atoms with Crippen molar-refractivity contribution in [1.82, 2.24) is 20.2 Å². The largest absolute Gasteiger partial charge is 0.314 e. The average molecular weight is 369 g/mol. The molecule has 4 heterocycles. The van der Waals surface area contributed by atoms with Crippen LogP contribution in [0.4, 0.5) is 5.82 Å². The molecule has 1 saturated heterocycles. The lowest BCUT2D eigenvalue weighted by Crippen LogP contribution is -2.56. The molecule has 2 aliphatic heterocycles. The molecule has 2 aromatic rings.